The zero-order chi connectivity index (χ0) is 17.5. The van der Waals surface area contributed by atoms with Crippen molar-refractivity contribution in [1.82, 2.24) is 15.5 Å². The van der Waals surface area contributed by atoms with E-state index in [1.54, 1.807) is 29.5 Å². The van der Waals surface area contributed by atoms with Crippen LogP contribution in [0.15, 0.2) is 41.8 Å². The molecule has 2 heterocycles. The molecule has 1 aliphatic rings. The van der Waals surface area contributed by atoms with E-state index in [-0.39, 0.29) is 18.4 Å². The average molecular weight is 361 g/mol. The summed E-state index contributed by atoms with van der Waals surface area (Å²) in [6.45, 7) is 3.98. The first-order chi connectivity index (χ1) is 12.2. The number of likely N-dealkylation sites (tertiary alicyclic amines) is 1. The number of piperidine rings is 1. The maximum absolute atomic E-state index is 13.5. The molecule has 1 aromatic heterocycles. The number of rotatable bonds is 6. The highest BCUT2D eigenvalue weighted by atomic mass is 32.1. The number of carbonyl (C=O) groups is 1. The summed E-state index contributed by atoms with van der Waals surface area (Å²) in [5.74, 6) is 0.173. The minimum absolute atomic E-state index is 0.202. The van der Waals surface area contributed by atoms with Gasteiger partial charge in [0, 0.05) is 36.6 Å². The highest BCUT2D eigenvalue weighted by molar-refractivity contribution is 7.09. The lowest BCUT2D eigenvalue weighted by atomic mass is 9.98. The molecule has 0 spiro atoms. The summed E-state index contributed by atoms with van der Waals surface area (Å²) >= 11 is 1.79. The highest BCUT2D eigenvalue weighted by Crippen LogP contribution is 2.19. The van der Waals surface area contributed by atoms with Gasteiger partial charge in [-0.25, -0.2) is 9.18 Å². The zero-order valence-corrected chi connectivity index (χ0v) is 15.0. The van der Waals surface area contributed by atoms with Gasteiger partial charge in [0.2, 0.25) is 0 Å². The third-order valence-corrected chi connectivity index (χ3v) is 5.37. The monoisotopic (exact) mass is 361 g/mol. The largest absolute Gasteiger partial charge is 0.338 e. The molecule has 2 aromatic rings. The van der Waals surface area contributed by atoms with Crippen molar-refractivity contribution in [2.24, 2.45) is 5.92 Å². The van der Waals surface area contributed by atoms with Gasteiger partial charge in [-0.05, 0) is 42.8 Å². The van der Waals surface area contributed by atoms with Gasteiger partial charge in [-0.1, -0.05) is 24.3 Å². The maximum atomic E-state index is 13.5. The van der Waals surface area contributed by atoms with E-state index in [2.05, 4.69) is 33.0 Å². The molecule has 134 valence electrons. The molecular weight excluding hydrogens is 337 g/mol. The SMILES string of the molecule is O=C(NCc1ccccc1F)NC[C@@H]1CCCN(Cc2cccs2)C1. The number of nitrogens with one attached hydrogen (secondary N) is 2. The smallest absolute Gasteiger partial charge is 0.315 e. The van der Waals surface area contributed by atoms with E-state index in [1.807, 2.05) is 0 Å². The molecule has 0 radical (unpaired) electrons. The minimum atomic E-state index is -0.292. The van der Waals surface area contributed by atoms with Crippen molar-refractivity contribution in [3.05, 3.63) is 58.0 Å². The number of urea groups is 1. The van der Waals surface area contributed by atoms with E-state index in [1.165, 1.54) is 10.9 Å². The lowest BCUT2D eigenvalue weighted by Gasteiger charge is -2.32. The van der Waals surface area contributed by atoms with Crippen molar-refractivity contribution >= 4 is 17.4 Å². The molecule has 1 fully saturated rings. The van der Waals surface area contributed by atoms with Gasteiger partial charge in [0.05, 0.1) is 0 Å². The molecule has 0 aliphatic carbocycles. The van der Waals surface area contributed by atoms with Crippen molar-refractivity contribution in [3.8, 4) is 0 Å². The van der Waals surface area contributed by atoms with Crippen molar-refractivity contribution in [3.63, 3.8) is 0 Å². The van der Waals surface area contributed by atoms with Crippen molar-refractivity contribution in [1.29, 1.82) is 0 Å². The molecule has 0 saturated carbocycles. The number of amides is 2. The van der Waals surface area contributed by atoms with Crippen LogP contribution in [0.5, 0.6) is 0 Å². The van der Waals surface area contributed by atoms with Crippen LogP contribution in [0.25, 0.3) is 0 Å². The van der Waals surface area contributed by atoms with E-state index in [4.69, 9.17) is 0 Å². The lowest BCUT2D eigenvalue weighted by Crippen LogP contribution is -2.43. The summed E-state index contributed by atoms with van der Waals surface area (Å²) in [6.07, 6.45) is 2.29. The minimum Gasteiger partial charge on any atom is -0.338 e. The van der Waals surface area contributed by atoms with E-state index in [0.717, 1.165) is 32.5 Å². The first-order valence-corrected chi connectivity index (χ1v) is 9.58. The fraction of sp³-hybridized carbons (Fsp3) is 0.421. The Morgan fingerprint density at radius 2 is 2.12 bits per heavy atom. The number of hydrogen-bond acceptors (Lipinski definition) is 3. The number of halogens is 1. The fourth-order valence-corrected chi connectivity index (χ4v) is 3.95. The Balaban J connectivity index is 1.38. The number of carbonyl (C=O) groups excluding carboxylic acids is 1. The van der Waals surface area contributed by atoms with Crippen LogP contribution in [0.2, 0.25) is 0 Å². The van der Waals surface area contributed by atoms with Crippen LogP contribution in [-0.2, 0) is 13.1 Å². The van der Waals surface area contributed by atoms with Crippen LogP contribution >= 0.6 is 11.3 Å². The Bertz CT molecular complexity index is 677. The van der Waals surface area contributed by atoms with Crippen LogP contribution in [0, 0.1) is 11.7 Å². The topological polar surface area (TPSA) is 44.4 Å². The Morgan fingerprint density at radius 3 is 2.92 bits per heavy atom. The molecule has 2 N–H and O–H groups in total. The summed E-state index contributed by atoms with van der Waals surface area (Å²) in [6, 6.07) is 10.5. The lowest BCUT2D eigenvalue weighted by molar-refractivity contribution is 0.166. The third kappa shape index (κ3) is 5.54. The standard InChI is InChI=1S/C19H24FN3OS/c20-18-8-2-1-6-16(18)12-22-19(24)21-11-15-5-3-9-23(13-15)14-17-7-4-10-25-17/h1-2,4,6-8,10,15H,3,5,9,11-14H2,(H2,21,22,24)/t15-/m0/s1. The third-order valence-electron chi connectivity index (χ3n) is 4.51. The van der Waals surface area contributed by atoms with Gasteiger partial charge in [0.15, 0.2) is 0 Å². The second-order valence-corrected chi connectivity index (χ2v) is 7.51. The molecule has 3 rings (SSSR count). The second-order valence-electron chi connectivity index (χ2n) is 6.48. The summed E-state index contributed by atoms with van der Waals surface area (Å²) in [7, 11) is 0. The fourth-order valence-electron chi connectivity index (χ4n) is 3.20. The van der Waals surface area contributed by atoms with E-state index in [9.17, 15) is 9.18 Å². The van der Waals surface area contributed by atoms with Gasteiger partial charge in [-0.3, -0.25) is 4.90 Å². The number of benzene rings is 1. The molecule has 1 aromatic carbocycles. The first-order valence-electron chi connectivity index (χ1n) is 8.70. The normalized spacial score (nSPS) is 18.0. The molecule has 4 nitrogen and oxygen atoms in total. The number of thiophene rings is 1. The molecule has 0 bridgehead atoms. The van der Waals surface area contributed by atoms with Crippen LogP contribution in [0.4, 0.5) is 9.18 Å². The summed E-state index contributed by atoms with van der Waals surface area (Å²) < 4.78 is 13.5. The predicted octanol–water partition coefficient (Wildman–Crippen LogP) is 3.60. The van der Waals surface area contributed by atoms with Crippen LogP contribution in [-0.4, -0.2) is 30.6 Å². The van der Waals surface area contributed by atoms with Gasteiger partial charge in [-0.15, -0.1) is 11.3 Å². The van der Waals surface area contributed by atoms with Crippen LogP contribution in [0.3, 0.4) is 0 Å². The summed E-state index contributed by atoms with van der Waals surface area (Å²) in [5.41, 5.74) is 0.498. The van der Waals surface area contributed by atoms with Crippen molar-refractivity contribution in [2.75, 3.05) is 19.6 Å². The quantitative estimate of drug-likeness (QED) is 0.826. The Hall–Kier alpha value is -1.92. The molecule has 1 aliphatic heterocycles. The molecule has 1 atom stereocenters. The highest BCUT2D eigenvalue weighted by Gasteiger charge is 2.20. The molecule has 25 heavy (non-hydrogen) atoms. The second kappa shape index (κ2) is 8.97. The first kappa shape index (κ1) is 17.9. The Labute approximate surface area is 152 Å². The molecule has 1 saturated heterocycles. The number of hydrogen-bond donors (Lipinski definition) is 2. The van der Waals surface area contributed by atoms with E-state index < -0.39 is 0 Å². The van der Waals surface area contributed by atoms with Gasteiger partial charge >= 0.3 is 6.03 Å². The maximum Gasteiger partial charge on any atom is 0.315 e. The van der Waals surface area contributed by atoms with E-state index in [0.29, 0.717) is 18.0 Å². The van der Waals surface area contributed by atoms with Crippen LogP contribution < -0.4 is 10.6 Å². The molecule has 0 unspecified atom stereocenters. The molecule has 6 heteroatoms. The zero-order valence-electron chi connectivity index (χ0n) is 14.2. The number of nitrogens with zero attached hydrogens (tertiary/aromatic N) is 1. The summed E-state index contributed by atoms with van der Waals surface area (Å²) in [5, 5.41) is 7.76. The Morgan fingerprint density at radius 1 is 1.24 bits per heavy atom. The Kier molecular flexibility index (Phi) is 6.42. The van der Waals surface area contributed by atoms with Gasteiger partial charge in [0.25, 0.3) is 0 Å². The average Bonchev–Trinajstić information content (AvgIpc) is 3.12. The van der Waals surface area contributed by atoms with Gasteiger partial charge in [-0.2, -0.15) is 0 Å². The van der Waals surface area contributed by atoms with Crippen molar-refractivity contribution < 1.29 is 9.18 Å². The molecule has 2 amide bonds. The summed E-state index contributed by atoms with van der Waals surface area (Å²) in [4.78, 5) is 15.8. The van der Waals surface area contributed by atoms with Gasteiger partial charge in [0.1, 0.15) is 5.82 Å². The predicted molar refractivity (Wildman–Crippen MR) is 99.0 cm³/mol. The van der Waals surface area contributed by atoms with Crippen molar-refractivity contribution in [2.45, 2.75) is 25.9 Å². The van der Waals surface area contributed by atoms with Crippen LogP contribution in [0.1, 0.15) is 23.3 Å². The van der Waals surface area contributed by atoms with Gasteiger partial charge < -0.3 is 10.6 Å². The molecular formula is C19H24FN3OS. The van der Waals surface area contributed by atoms with E-state index >= 15 is 0 Å².